The fourth-order valence-corrected chi connectivity index (χ4v) is 4.21. The first kappa shape index (κ1) is 26.4. The highest BCUT2D eigenvalue weighted by Crippen LogP contribution is 2.17. The summed E-state index contributed by atoms with van der Waals surface area (Å²) in [7, 11) is 0. The van der Waals surface area contributed by atoms with Crippen LogP contribution in [0.4, 0.5) is 0 Å². The van der Waals surface area contributed by atoms with Crippen LogP contribution in [0, 0.1) is 0 Å². The highest BCUT2D eigenvalue weighted by Gasteiger charge is 2.35. The van der Waals surface area contributed by atoms with E-state index in [0.29, 0.717) is 18.8 Å². The van der Waals surface area contributed by atoms with Crippen molar-refractivity contribution in [3.63, 3.8) is 0 Å². The van der Waals surface area contributed by atoms with Crippen LogP contribution in [0.3, 0.4) is 0 Å². The van der Waals surface area contributed by atoms with Crippen molar-refractivity contribution in [1.82, 2.24) is 16.0 Å². The third-order valence-electron chi connectivity index (χ3n) is 6.20. The highest BCUT2D eigenvalue weighted by molar-refractivity contribution is 5.99. The van der Waals surface area contributed by atoms with Crippen molar-refractivity contribution in [3.8, 4) is 5.75 Å². The summed E-state index contributed by atoms with van der Waals surface area (Å²) in [6.07, 6.45) is 0.167. The third kappa shape index (κ3) is 7.42. The van der Waals surface area contributed by atoms with Crippen molar-refractivity contribution in [1.29, 1.82) is 0 Å². The lowest BCUT2D eigenvalue weighted by atomic mass is 10.0. The average molecular weight is 515 g/mol. The van der Waals surface area contributed by atoms with Crippen LogP contribution in [0.25, 0.3) is 0 Å². The molecule has 3 aromatic carbocycles. The van der Waals surface area contributed by atoms with E-state index < -0.39 is 35.8 Å². The van der Waals surface area contributed by atoms with Crippen molar-refractivity contribution >= 4 is 23.6 Å². The van der Waals surface area contributed by atoms with Crippen LogP contribution in [0.1, 0.15) is 23.1 Å². The quantitative estimate of drug-likeness (QED) is 0.306. The van der Waals surface area contributed by atoms with Crippen molar-refractivity contribution in [2.75, 3.05) is 0 Å². The molecule has 0 aliphatic carbocycles. The Morgan fingerprint density at radius 3 is 2.11 bits per heavy atom. The predicted octanol–water partition coefficient (Wildman–Crippen LogP) is 1.39. The number of primary amides is 1. The van der Waals surface area contributed by atoms with E-state index in [-0.39, 0.29) is 18.7 Å². The SMILES string of the molecule is NC(=O)[C@H](Cc1cccc(OCc2ccccc2)c1)NC(=O)C[C@@H]1NC(=O)[C@H](Cc2ccccc2)NC1=O. The minimum absolute atomic E-state index is 0.145. The molecule has 0 radical (unpaired) electrons. The van der Waals surface area contributed by atoms with Gasteiger partial charge >= 0.3 is 0 Å². The summed E-state index contributed by atoms with van der Waals surface area (Å²) in [5.41, 5.74) is 8.21. The Morgan fingerprint density at radius 2 is 1.42 bits per heavy atom. The molecule has 5 N–H and O–H groups in total. The molecule has 3 atom stereocenters. The summed E-state index contributed by atoms with van der Waals surface area (Å²) >= 11 is 0. The fourth-order valence-electron chi connectivity index (χ4n) is 4.21. The molecule has 0 spiro atoms. The van der Waals surface area contributed by atoms with E-state index in [2.05, 4.69) is 16.0 Å². The summed E-state index contributed by atoms with van der Waals surface area (Å²) in [4.78, 5) is 49.9. The van der Waals surface area contributed by atoms with Gasteiger partial charge in [0.05, 0.1) is 6.42 Å². The molecule has 4 rings (SSSR count). The summed E-state index contributed by atoms with van der Waals surface area (Å²) in [5.74, 6) is -1.50. The van der Waals surface area contributed by atoms with Gasteiger partial charge in [-0.05, 0) is 28.8 Å². The topological polar surface area (TPSA) is 140 Å². The van der Waals surface area contributed by atoms with Gasteiger partial charge in [-0.25, -0.2) is 0 Å². The Balaban J connectivity index is 1.30. The molecular formula is C29H30N4O5. The number of rotatable bonds is 11. The van der Waals surface area contributed by atoms with E-state index in [0.717, 1.165) is 16.7 Å². The number of amides is 4. The molecule has 1 aliphatic rings. The molecule has 1 saturated heterocycles. The monoisotopic (exact) mass is 514 g/mol. The van der Waals surface area contributed by atoms with Crippen LogP contribution in [-0.2, 0) is 38.6 Å². The number of piperazine rings is 1. The number of hydrogen-bond acceptors (Lipinski definition) is 5. The van der Waals surface area contributed by atoms with Crippen LogP contribution in [-0.4, -0.2) is 41.8 Å². The van der Waals surface area contributed by atoms with Crippen LogP contribution in [0.2, 0.25) is 0 Å². The molecule has 38 heavy (non-hydrogen) atoms. The molecule has 196 valence electrons. The molecular weight excluding hydrogens is 484 g/mol. The lowest BCUT2D eigenvalue weighted by Crippen LogP contribution is -2.63. The number of ether oxygens (including phenoxy) is 1. The largest absolute Gasteiger partial charge is 0.489 e. The van der Waals surface area contributed by atoms with Crippen LogP contribution in [0.5, 0.6) is 5.75 Å². The van der Waals surface area contributed by atoms with E-state index in [4.69, 9.17) is 10.5 Å². The number of carbonyl (C=O) groups excluding carboxylic acids is 4. The summed E-state index contributed by atoms with van der Waals surface area (Å²) in [5, 5.41) is 7.88. The number of nitrogens with two attached hydrogens (primary N) is 1. The zero-order valence-electron chi connectivity index (χ0n) is 20.8. The lowest BCUT2D eigenvalue weighted by molar-refractivity contribution is -0.138. The second kappa shape index (κ2) is 12.5. The maximum Gasteiger partial charge on any atom is 0.243 e. The minimum Gasteiger partial charge on any atom is -0.489 e. The average Bonchev–Trinajstić information content (AvgIpc) is 2.91. The van der Waals surface area contributed by atoms with E-state index in [9.17, 15) is 19.2 Å². The normalized spacial score (nSPS) is 17.6. The van der Waals surface area contributed by atoms with Gasteiger partial charge in [-0.15, -0.1) is 0 Å². The second-order valence-electron chi connectivity index (χ2n) is 9.16. The van der Waals surface area contributed by atoms with E-state index in [1.54, 1.807) is 24.3 Å². The highest BCUT2D eigenvalue weighted by atomic mass is 16.5. The van der Waals surface area contributed by atoms with Crippen LogP contribution >= 0.6 is 0 Å². The molecule has 1 aliphatic heterocycles. The lowest BCUT2D eigenvalue weighted by Gasteiger charge is -2.29. The van der Waals surface area contributed by atoms with Crippen LogP contribution < -0.4 is 26.4 Å². The molecule has 9 nitrogen and oxygen atoms in total. The summed E-state index contributed by atoms with van der Waals surface area (Å²) in [6.45, 7) is 0.391. The number of carbonyl (C=O) groups is 4. The maximum absolute atomic E-state index is 12.7. The van der Waals surface area contributed by atoms with Gasteiger partial charge in [0, 0.05) is 12.8 Å². The summed E-state index contributed by atoms with van der Waals surface area (Å²) < 4.78 is 5.84. The first-order chi connectivity index (χ1) is 18.4. The van der Waals surface area contributed by atoms with Crippen molar-refractivity contribution in [2.24, 2.45) is 5.73 Å². The van der Waals surface area contributed by atoms with Gasteiger partial charge < -0.3 is 26.4 Å². The van der Waals surface area contributed by atoms with Crippen molar-refractivity contribution in [3.05, 3.63) is 102 Å². The Hall–Kier alpha value is -4.66. The molecule has 0 saturated carbocycles. The van der Waals surface area contributed by atoms with E-state index in [1.807, 2.05) is 60.7 Å². The zero-order valence-corrected chi connectivity index (χ0v) is 20.8. The van der Waals surface area contributed by atoms with Gasteiger partial charge in [-0.2, -0.15) is 0 Å². The molecule has 0 bridgehead atoms. The molecule has 1 fully saturated rings. The predicted molar refractivity (Wildman–Crippen MR) is 141 cm³/mol. The minimum atomic E-state index is -1.04. The van der Waals surface area contributed by atoms with E-state index >= 15 is 0 Å². The number of benzene rings is 3. The smallest absolute Gasteiger partial charge is 0.243 e. The number of hydrogen-bond donors (Lipinski definition) is 4. The number of nitrogens with one attached hydrogen (secondary N) is 3. The molecule has 0 unspecified atom stereocenters. The van der Waals surface area contributed by atoms with Crippen LogP contribution in [0.15, 0.2) is 84.9 Å². The molecule has 0 aromatic heterocycles. The molecule has 1 heterocycles. The second-order valence-corrected chi connectivity index (χ2v) is 9.16. The van der Waals surface area contributed by atoms with Gasteiger partial charge in [0.1, 0.15) is 30.5 Å². The standard InChI is InChI=1S/C29H30N4O5/c30-27(35)23(16-21-12-7-13-22(14-21)38-18-20-10-5-2-6-11-20)31-26(34)17-25-29(37)32-24(28(36)33-25)15-19-8-3-1-4-9-19/h1-14,23-25H,15-18H2,(H2,30,35)(H,31,34)(H,32,37)(H,33,36)/t23-,24-,25-/m0/s1. The Labute approximate surface area is 220 Å². The first-order valence-corrected chi connectivity index (χ1v) is 12.4. The van der Waals surface area contributed by atoms with Crippen molar-refractivity contribution in [2.45, 2.75) is 44.0 Å². The molecule has 3 aromatic rings. The molecule has 9 heteroatoms. The van der Waals surface area contributed by atoms with Gasteiger partial charge in [0.25, 0.3) is 0 Å². The van der Waals surface area contributed by atoms with Gasteiger partial charge in [-0.3, -0.25) is 19.2 Å². The van der Waals surface area contributed by atoms with Crippen molar-refractivity contribution < 1.29 is 23.9 Å². The van der Waals surface area contributed by atoms with E-state index in [1.165, 1.54) is 0 Å². The Kier molecular flexibility index (Phi) is 8.71. The Bertz CT molecular complexity index is 1280. The third-order valence-corrected chi connectivity index (χ3v) is 6.20. The maximum atomic E-state index is 12.7. The Morgan fingerprint density at radius 1 is 0.816 bits per heavy atom. The first-order valence-electron chi connectivity index (χ1n) is 12.4. The fraction of sp³-hybridized carbons (Fsp3) is 0.241. The summed E-state index contributed by atoms with van der Waals surface area (Å²) in [6, 6.07) is 23.5. The van der Waals surface area contributed by atoms with Gasteiger partial charge in [-0.1, -0.05) is 72.8 Å². The zero-order chi connectivity index (χ0) is 26.9. The van der Waals surface area contributed by atoms with Gasteiger partial charge in [0.15, 0.2) is 0 Å². The van der Waals surface area contributed by atoms with Gasteiger partial charge in [0.2, 0.25) is 23.6 Å². The molecule has 4 amide bonds.